The lowest BCUT2D eigenvalue weighted by molar-refractivity contribution is 0.0946. The van der Waals surface area contributed by atoms with Crippen LogP contribution in [0.3, 0.4) is 0 Å². The topological polar surface area (TPSA) is 102 Å². The molecule has 3 rings (SSSR count). The molecule has 0 unspecified atom stereocenters. The highest BCUT2D eigenvalue weighted by molar-refractivity contribution is 6.35. The fraction of sp³-hybridized carbons (Fsp3) is 0.0714. The van der Waals surface area contributed by atoms with Crippen LogP contribution in [0.2, 0.25) is 5.02 Å². The SMILES string of the molecule is Nc1n[nH]c(C(=O)NCc2ccccc2-n2ccnc2)c1Cl. The molecule has 0 atom stereocenters. The molecule has 3 aromatic rings. The van der Waals surface area contributed by atoms with Gasteiger partial charge in [0.05, 0.1) is 12.0 Å². The first-order valence-electron chi connectivity index (χ1n) is 6.50. The van der Waals surface area contributed by atoms with E-state index < -0.39 is 0 Å². The number of H-pyrrole nitrogens is 1. The van der Waals surface area contributed by atoms with Crippen molar-refractivity contribution in [2.24, 2.45) is 0 Å². The predicted molar refractivity (Wildman–Crippen MR) is 82.7 cm³/mol. The number of hydrogen-bond donors (Lipinski definition) is 3. The van der Waals surface area contributed by atoms with Crippen molar-refractivity contribution in [3.63, 3.8) is 0 Å². The van der Waals surface area contributed by atoms with Crippen molar-refractivity contribution < 1.29 is 4.79 Å². The van der Waals surface area contributed by atoms with Gasteiger partial charge in [-0.05, 0) is 11.6 Å². The Hall–Kier alpha value is -2.80. The molecular formula is C14H13ClN6O. The zero-order valence-electron chi connectivity index (χ0n) is 11.5. The summed E-state index contributed by atoms with van der Waals surface area (Å²) in [6, 6.07) is 7.71. The quantitative estimate of drug-likeness (QED) is 0.682. The molecule has 0 saturated carbocycles. The van der Waals surface area contributed by atoms with E-state index in [1.54, 1.807) is 12.5 Å². The van der Waals surface area contributed by atoms with Gasteiger partial charge in [0.25, 0.3) is 5.91 Å². The Bertz CT molecular complexity index is 796. The summed E-state index contributed by atoms with van der Waals surface area (Å²) in [7, 11) is 0. The van der Waals surface area contributed by atoms with Gasteiger partial charge in [-0.3, -0.25) is 9.89 Å². The molecule has 0 spiro atoms. The van der Waals surface area contributed by atoms with Crippen LogP contribution in [0.25, 0.3) is 5.69 Å². The number of imidazole rings is 1. The number of carbonyl (C=O) groups excluding carboxylic acids is 1. The minimum Gasteiger partial charge on any atom is -0.381 e. The van der Waals surface area contributed by atoms with Crippen LogP contribution in [0.15, 0.2) is 43.0 Å². The molecule has 22 heavy (non-hydrogen) atoms. The zero-order chi connectivity index (χ0) is 15.5. The number of nitrogens with zero attached hydrogens (tertiary/aromatic N) is 3. The highest BCUT2D eigenvalue weighted by Crippen LogP contribution is 2.20. The molecular weight excluding hydrogens is 304 g/mol. The second kappa shape index (κ2) is 5.90. The second-order valence-corrected chi connectivity index (χ2v) is 4.96. The van der Waals surface area contributed by atoms with Crippen LogP contribution in [0.4, 0.5) is 5.82 Å². The van der Waals surface area contributed by atoms with Gasteiger partial charge in [0.1, 0.15) is 10.7 Å². The third kappa shape index (κ3) is 2.66. The number of anilines is 1. The number of para-hydroxylation sites is 1. The number of hydrogen-bond acceptors (Lipinski definition) is 4. The van der Waals surface area contributed by atoms with E-state index in [4.69, 9.17) is 17.3 Å². The van der Waals surface area contributed by atoms with Gasteiger partial charge in [0, 0.05) is 18.9 Å². The van der Waals surface area contributed by atoms with Crippen molar-refractivity contribution in [1.82, 2.24) is 25.1 Å². The fourth-order valence-corrected chi connectivity index (χ4v) is 2.24. The number of nitrogens with one attached hydrogen (secondary N) is 2. The molecule has 0 bridgehead atoms. The van der Waals surface area contributed by atoms with Crippen molar-refractivity contribution in [1.29, 1.82) is 0 Å². The summed E-state index contributed by atoms with van der Waals surface area (Å²) in [5.74, 6) is -0.264. The van der Waals surface area contributed by atoms with E-state index in [9.17, 15) is 4.79 Å². The molecule has 7 nitrogen and oxygen atoms in total. The van der Waals surface area contributed by atoms with Crippen molar-refractivity contribution in [3.05, 3.63) is 59.3 Å². The van der Waals surface area contributed by atoms with Gasteiger partial charge in [-0.2, -0.15) is 5.10 Å². The van der Waals surface area contributed by atoms with Crippen LogP contribution < -0.4 is 11.1 Å². The Morgan fingerprint density at radius 3 is 2.91 bits per heavy atom. The summed E-state index contributed by atoms with van der Waals surface area (Å²) >= 11 is 5.91. The number of rotatable bonds is 4. The number of halogens is 1. The van der Waals surface area contributed by atoms with Crippen molar-refractivity contribution in [2.75, 3.05) is 5.73 Å². The third-order valence-electron chi connectivity index (χ3n) is 3.17. The second-order valence-electron chi connectivity index (χ2n) is 4.58. The maximum atomic E-state index is 12.1. The smallest absolute Gasteiger partial charge is 0.271 e. The molecule has 4 N–H and O–H groups in total. The Morgan fingerprint density at radius 2 is 2.23 bits per heavy atom. The third-order valence-corrected chi connectivity index (χ3v) is 3.56. The lowest BCUT2D eigenvalue weighted by Gasteiger charge is -2.10. The Labute approximate surface area is 131 Å². The van der Waals surface area contributed by atoms with Crippen molar-refractivity contribution in [2.45, 2.75) is 6.54 Å². The normalized spacial score (nSPS) is 10.6. The first-order valence-corrected chi connectivity index (χ1v) is 6.88. The molecule has 112 valence electrons. The maximum Gasteiger partial charge on any atom is 0.271 e. The average Bonchev–Trinajstić information content (AvgIpc) is 3.17. The lowest BCUT2D eigenvalue weighted by atomic mass is 10.1. The minimum atomic E-state index is -0.366. The van der Waals surface area contributed by atoms with Crippen LogP contribution >= 0.6 is 11.6 Å². The summed E-state index contributed by atoms with van der Waals surface area (Å²) in [4.78, 5) is 16.1. The van der Waals surface area contributed by atoms with Crippen LogP contribution in [-0.4, -0.2) is 25.7 Å². The van der Waals surface area contributed by atoms with E-state index >= 15 is 0 Å². The van der Waals surface area contributed by atoms with Gasteiger partial charge in [-0.15, -0.1) is 0 Å². The van der Waals surface area contributed by atoms with Gasteiger partial charge < -0.3 is 15.6 Å². The zero-order valence-corrected chi connectivity index (χ0v) is 12.2. The molecule has 0 radical (unpaired) electrons. The van der Waals surface area contributed by atoms with E-state index in [0.717, 1.165) is 11.3 Å². The average molecular weight is 317 g/mol. The van der Waals surface area contributed by atoms with Gasteiger partial charge in [0.2, 0.25) is 0 Å². The number of benzene rings is 1. The summed E-state index contributed by atoms with van der Waals surface area (Å²) in [6.07, 6.45) is 5.24. The van der Waals surface area contributed by atoms with Gasteiger partial charge >= 0.3 is 0 Å². The summed E-state index contributed by atoms with van der Waals surface area (Å²) in [6.45, 7) is 0.336. The first-order chi connectivity index (χ1) is 10.7. The largest absolute Gasteiger partial charge is 0.381 e. The van der Waals surface area contributed by atoms with E-state index in [1.165, 1.54) is 0 Å². The fourth-order valence-electron chi connectivity index (χ4n) is 2.07. The van der Waals surface area contributed by atoms with Crippen molar-refractivity contribution >= 4 is 23.3 Å². The molecule has 0 aliphatic carbocycles. The monoisotopic (exact) mass is 316 g/mol. The number of amides is 1. The van der Waals surface area contributed by atoms with Gasteiger partial charge in [-0.25, -0.2) is 4.98 Å². The number of nitrogens with two attached hydrogens (primary N) is 1. The molecule has 1 amide bonds. The van der Waals surface area contributed by atoms with Gasteiger partial charge in [-0.1, -0.05) is 29.8 Å². The highest BCUT2D eigenvalue weighted by atomic mass is 35.5. The van der Waals surface area contributed by atoms with Crippen LogP contribution in [0.1, 0.15) is 16.1 Å². The molecule has 0 aliphatic heterocycles. The molecule has 1 aromatic carbocycles. The number of aromatic amines is 1. The molecule has 0 fully saturated rings. The lowest BCUT2D eigenvalue weighted by Crippen LogP contribution is -2.24. The van der Waals surface area contributed by atoms with Crippen LogP contribution in [0, 0.1) is 0 Å². The van der Waals surface area contributed by atoms with E-state index in [1.807, 2.05) is 35.0 Å². The Kier molecular flexibility index (Phi) is 3.80. The van der Waals surface area contributed by atoms with Gasteiger partial charge in [0.15, 0.2) is 5.82 Å². The van der Waals surface area contributed by atoms with Crippen LogP contribution in [-0.2, 0) is 6.54 Å². The Morgan fingerprint density at radius 1 is 1.41 bits per heavy atom. The summed E-state index contributed by atoms with van der Waals surface area (Å²) in [5, 5.41) is 9.13. The van der Waals surface area contributed by atoms with E-state index in [0.29, 0.717) is 6.54 Å². The molecule has 0 aliphatic rings. The van der Waals surface area contributed by atoms with Crippen LogP contribution in [0.5, 0.6) is 0 Å². The highest BCUT2D eigenvalue weighted by Gasteiger charge is 2.16. The molecule has 0 saturated heterocycles. The van der Waals surface area contributed by atoms with E-state index in [2.05, 4.69) is 20.5 Å². The Balaban J connectivity index is 1.77. The summed E-state index contributed by atoms with van der Waals surface area (Å²) in [5.41, 5.74) is 7.54. The number of nitrogen functional groups attached to an aromatic ring is 1. The molecule has 2 heterocycles. The standard InChI is InChI=1S/C14H13ClN6O/c15-11-12(19-20-13(11)16)14(22)18-7-9-3-1-2-4-10(9)21-6-5-17-8-21/h1-6,8H,7H2,(H,18,22)(H3,16,19,20). The van der Waals surface area contributed by atoms with E-state index in [-0.39, 0.29) is 22.4 Å². The first kappa shape index (κ1) is 14.2. The number of aromatic nitrogens is 4. The predicted octanol–water partition coefficient (Wildman–Crippen LogP) is 1.76. The molecule has 8 heteroatoms. The van der Waals surface area contributed by atoms with Crippen molar-refractivity contribution in [3.8, 4) is 5.69 Å². The maximum absolute atomic E-state index is 12.1. The summed E-state index contributed by atoms with van der Waals surface area (Å²) < 4.78 is 1.88. The minimum absolute atomic E-state index is 0.102. The molecule has 2 aromatic heterocycles. The number of carbonyl (C=O) groups is 1.